The standard InChI is InChI=1S/C29H27N5O3S2/c1-5-14-34-27(20-9-13-23(36-3)24(16-20)37-4)32-33-29(34)38-17-26(35)30-21-10-7-19(8-11-21)28-31-22-12-6-18(2)15-25(22)39-28/h5-13,15-16H,1,14,17H2,2-4H3,(H,30,35). The van der Waals surface area contributed by atoms with Gasteiger partial charge in [-0.3, -0.25) is 9.36 Å². The molecule has 1 amide bonds. The summed E-state index contributed by atoms with van der Waals surface area (Å²) >= 11 is 2.98. The summed E-state index contributed by atoms with van der Waals surface area (Å²) in [5.41, 5.74) is 4.77. The average molecular weight is 558 g/mol. The van der Waals surface area contributed by atoms with Crippen LogP contribution in [0.2, 0.25) is 0 Å². The van der Waals surface area contributed by atoms with E-state index in [4.69, 9.17) is 14.5 Å². The first-order chi connectivity index (χ1) is 19.0. The molecule has 5 rings (SSSR count). The number of benzene rings is 3. The second kappa shape index (κ2) is 11.7. The van der Waals surface area contributed by atoms with Crippen LogP contribution in [-0.2, 0) is 11.3 Å². The lowest BCUT2D eigenvalue weighted by Gasteiger charge is -2.11. The van der Waals surface area contributed by atoms with E-state index in [1.165, 1.54) is 17.3 Å². The molecule has 0 saturated carbocycles. The molecule has 198 valence electrons. The Kier molecular flexibility index (Phi) is 7.94. The quantitative estimate of drug-likeness (QED) is 0.156. The highest BCUT2D eigenvalue weighted by Crippen LogP contribution is 2.33. The monoisotopic (exact) mass is 557 g/mol. The summed E-state index contributed by atoms with van der Waals surface area (Å²) in [5, 5.41) is 13.2. The molecule has 2 aromatic heterocycles. The van der Waals surface area contributed by atoms with Gasteiger partial charge in [0, 0.05) is 23.4 Å². The zero-order valence-corrected chi connectivity index (χ0v) is 23.4. The molecule has 0 aliphatic rings. The number of aromatic nitrogens is 4. The summed E-state index contributed by atoms with van der Waals surface area (Å²) in [6, 6.07) is 19.6. The van der Waals surface area contributed by atoms with Crippen LogP contribution in [0, 0.1) is 6.92 Å². The van der Waals surface area contributed by atoms with E-state index in [0.29, 0.717) is 29.0 Å². The molecule has 0 fully saturated rings. The highest BCUT2D eigenvalue weighted by atomic mass is 32.2. The maximum atomic E-state index is 12.7. The number of ether oxygens (including phenoxy) is 2. The molecule has 1 N–H and O–H groups in total. The number of rotatable bonds is 10. The van der Waals surface area contributed by atoms with Gasteiger partial charge in [0.1, 0.15) is 5.01 Å². The van der Waals surface area contributed by atoms with Gasteiger partial charge in [0.25, 0.3) is 0 Å². The second-order valence-electron chi connectivity index (χ2n) is 8.68. The SMILES string of the molecule is C=CCn1c(SCC(=O)Nc2ccc(-c3nc4ccc(C)cc4s3)cc2)nnc1-c1ccc(OC)c(OC)c1. The van der Waals surface area contributed by atoms with E-state index in [9.17, 15) is 4.79 Å². The Hall–Kier alpha value is -4.15. The van der Waals surface area contributed by atoms with Crippen LogP contribution in [0.4, 0.5) is 5.69 Å². The van der Waals surface area contributed by atoms with Crippen LogP contribution < -0.4 is 14.8 Å². The lowest BCUT2D eigenvalue weighted by atomic mass is 10.2. The Bertz CT molecular complexity index is 1640. The van der Waals surface area contributed by atoms with Crippen molar-refractivity contribution in [3.8, 4) is 33.5 Å². The number of fused-ring (bicyclic) bond motifs is 1. The van der Waals surface area contributed by atoms with Crippen LogP contribution in [-0.4, -0.2) is 45.6 Å². The Morgan fingerprint density at radius 1 is 1.03 bits per heavy atom. The minimum atomic E-state index is -0.135. The Morgan fingerprint density at radius 2 is 1.79 bits per heavy atom. The van der Waals surface area contributed by atoms with Gasteiger partial charge in [-0.25, -0.2) is 4.98 Å². The summed E-state index contributed by atoms with van der Waals surface area (Å²) in [7, 11) is 3.18. The fraction of sp³-hybridized carbons (Fsp3) is 0.172. The second-order valence-corrected chi connectivity index (χ2v) is 10.7. The van der Waals surface area contributed by atoms with Crippen LogP contribution in [0.5, 0.6) is 11.5 Å². The van der Waals surface area contributed by atoms with Gasteiger partial charge in [-0.1, -0.05) is 23.9 Å². The molecular formula is C29H27N5O3S2. The number of nitrogens with one attached hydrogen (secondary N) is 1. The van der Waals surface area contributed by atoms with E-state index in [2.05, 4.69) is 41.1 Å². The Labute approximate surface area is 234 Å². The molecule has 0 radical (unpaired) electrons. The number of carbonyl (C=O) groups is 1. The summed E-state index contributed by atoms with van der Waals surface area (Å²) in [4.78, 5) is 17.5. The number of methoxy groups -OCH3 is 2. The normalized spacial score (nSPS) is 10.9. The van der Waals surface area contributed by atoms with Crippen molar-refractivity contribution < 1.29 is 14.3 Å². The molecule has 10 heteroatoms. The minimum absolute atomic E-state index is 0.135. The highest BCUT2D eigenvalue weighted by Gasteiger charge is 2.17. The number of hydrogen-bond acceptors (Lipinski definition) is 8. The van der Waals surface area contributed by atoms with Crippen LogP contribution in [0.1, 0.15) is 5.56 Å². The molecule has 2 heterocycles. The first kappa shape index (κ1) is 26.5. The third kappa shape index (κ3) is 5.81. The summed E-state index contributed by atoms with van der Waals surface area (Å²) in [6.45, 7) is 6.43. The maximum Gasteiger partial charge on any atom is 0.234 e. The number of allylic oxidation sites excluding steroid dienone is 1. The largest absolute Gasteiger partial charge is 0.493 e. The highest BCUT2D eigenvalue weighted by molar-refractivity contribution is 7.99. The zero-order valence-electron chi connectivity index (χ0n) is 21.8. The van der Waals surface area contributed by atoms with Gasteiger partial charge in [0.2, 0.25) is 5.91 Å². The van der Waals surface area contributed by atoms with E-state index < -0.39 is 0 Å². The fourth-order valence-corrected chi connectivity index (χ4v) is 5.87. The first-order valence-corrected chi connectivity index (χ1v) is 14.0. The van der Waals surface area contributed by atoms with Crippen LogP contribution in [0.15, 0.2) is 78.5 Å². The van der Waals surface area contributed by atoms with E-state index in [1.54, 1.807) is 31.6 Å². The third-order valence-electron chi connectivity index (χ3n) is 5.96. The lowest BCUT2D eigenvalue weighted by molar-refractivity contribution is -0.113. The van der Waals surface area contributed by atoms with Gasteiger partial charge in [-0.2, -0.15) is 0 Å². The lowest BCUT2D eigenvalue weighted by Crippen LogP contribution is -2.14. The molecule has 0 spiro atoms. The minimum Gasteiger partial charge on any atom is -0.493 e. The number of thiazole rings is 1. The van der Waals surface area contributed by atoms with Gasteiger partial charge in [0.15, 0.2) is 22.5 Å². The molecule has 0 atom stereocenters. The van der Waals surface area contributed by atoms with E-state index in [1.807, 2.05) is 53.1 Å². The van der Waals surface area contributed by atoms with E-state index >= 15 is 0 Å². The molecule has 0 bridgehead atoms. The summed E-state index contributed by atoms with van der Waals surface area (Å²) in [6.07, 6.45) is 1.77. The number of anilines is 1. The molecular weight excluding hydrogens is 530 g/mol. The van der Waals surface area contributed by atoms with Gasteiger partial charge in [0.05, 0.1) is 30.2 Å². The molecule has 3 aromatic carbocycles. The van der Waals surface area contributed by atoms with Gasteiger partial charge >= 0.3 is 0 Å². The predicted molar refractivity (Wildman–Crippen MR) is 158 cm³/mol. The van der Waals surface area contributed by atoms with Crippen molar-refractivity contribution >= 4 is 44.9 Å². The molecule has 0 saturated heterocycles. The zero-order chi connectivity index (χ0) is 27.4. The molecule has 39 heavy (non-hydrogen) atoms. The molecule has 0 aliphatic carbocycles. The molecule has 0 unspecified atom stereocenters. The maximum absolute atomic E-state index is 12.7. The summed E-state index contributed by atoms with van der Waals surface area (Å²) in [5.74, 6) is 1.93. The third-order valence-corrected chi connectivity index (χ3v) is 8.00. The van der Waals surface area contributed by atoms with Gasteiger partial charge in [-0.05, 0) is 67.1 Å². The van der Waals surface area contributed by atoms with Crippen molar-refractivity contribution in [2.75, 3.05) is 25.3 Å². The van der Waals surface area contributed by atoms with Crippen LogP contribution in [0.3, 0.4) is 0 Å². The van der Waals surface area contributed by atoms with Crippen molar-refractivity contribution in [3.05, 3.63) is 78.9 Å². The van der Waals surface area contributed by atoms with Crippen molar-refractivity contribution in [1.82, 2.24) is 19.7 Å². The average Bonchev–Trinajstić information content (AvgIpc) is 3.56. The van der Waals surface area contributed by atoms with Crippen molar-refractivity contribution in [1.29, 1.82) is 0 Å². The fourth-order valence-electron chi connectivity index (χ4n) is 4.06. The Morgan fingerprint density at radius 3 is 2.54 bits per heavy atom. The predicted octanol–water partition coefficient (Wildman–Crippen LogP) is 6.46. The van der Waals surface area contributed by atoms with Crippen molar-refractivity contribution in [3.63, 3.8) is 0 Å². The van der Waals surface area contributed by atoms with Crippen LogP contribution >= 0.6 is 23.1 Å². The molecule has 0 aliphatic heterocycles. The molecule has 5 aromatic rings. The number of amides is 1. The van der Waals surface area contributed by atoms with Gasteiger partial charge < -0.3 is 14.8 Å². The topological polar surface area (TPSA) is 91.2 Å². The number of hydrogen-bond donors (Lipinski definition) is 1. The smallest absolute Gasteiger partial charge is 0.234 e. The number of nitrogens with zero attached hydrogens (tertiary/aromatic N) is 4. The Balaban J connectivity index is 1.25. The van der Waals surface area contributed by atoms with E-state index in [0.717, 1.165) is 32.0 Å². The van der Waals surface area contributed by atoms with Crippen molar-refractivity contribution in [2.24, 2.45) is 0 Å². The number of thioether (sulfide) groups is 1. The molecule has 8 nitrogen and oxygen atoms in total. The van der Waals surface area contributed by atoms with E-state index in [-0.39, 0.29) is 11.7 Å². The van der Waals surface area contributed by atoms with Gasteiger partial charge in [-0.15, -0.1) is 28.1 Å². The number of aryl methyl sites for hydroxylation is 1. The number of carbonyl (C=O) groups excluding carboxylic acids is 1. The van der Waals surface area contributed by atoms with Crippen LogP contribution in [0.25, 0.3) is 32.2 Å². The van der Waals surface area contributed by atoms with Crippen molar-refractivity contribution in [2.45, 2.75) is 18.6 Å². The summed E-state index contributed by atoms with van der Waals surface area (Å²) < 4.78 is 13.8. The first-order valence-electron chi connectivity index (χ1n) is 12.2.